The van der Waals surface area contributed by atoms with Crippen LogP contribution in [0, 0.1) is 0 Å². The van der Waals surface area contributed by atoms with E-state index in [1.807, 2.05) is 4.90 Å². The maximum Gasteiger partial charge on any atom is 0.416 e. The topological polar surface area (TPSA) is 50.8 Å². The summed E-state index contributed by atoms with van der Waals surface area (Å²) in [6.45, 7) is 3.32. The molecule has 1 aliphatic rings. The Morgan fingerprint density at radius 1 is 0.971 bits per heavy atom. The minimum Gasteiger partial charge on any atom is -0.497 e. The summed E-state index contributed by atoms with van der Waals surface area (Å²) in [6.07, 6.45) is -10.1. The fourth-order valence-corrected chi connectivity index (χ4v) is 4.05. The average molecular weight is 504 g/mol. The summed E-state index contributed by atoms with van der Waals surface area (Å²) in [6, 6.07) is 8.38. The van der Waals surface area contributed by atoms with Gasteiger partial charge in [-0.2, -0.15) is 26.3 Å². The van der Waals surface area contributed by atoms with Crippen molar-refractivity contribution in [1.29, 1.82) is 0 Å². The van der Waals surface area contributed by atoms with Crippen molar-refractivity contribution in [1.82, 2.24) is 10.2 Å². The van der Waals surface area contributed by atoms with Crippen LogP contribution in [-0.4, -0.2) is 50.8 Å². The quantitative estimate of drug-likeness (QED) is 0.559. The highest BCUT2D eigenvalue weighted by molar-refractivity contribution is 5.87. The molecule has 0 radical (unpaired) electrons. The standard InChI is InChI=1S/C24H26F6N2O3/c1-22(32-8-10-35-11-9-32,17-4-3-5-20(15-17)34-2)21(33)31-7-6-16-12-18(23(25,26)27)14-19(13-16)24(28,29)30/h3-5,12-15H,6-11H2,1-2H3,(H,31,33). The van der Waals surface area contributed by atoms with Gasteiger partial charge in [0.25, 0.3) is 0 Å². The number of hydrogen-bond acceptors (Lipinski definition) is 4. The van der Waals surface area contributed by atoms with Crippen LogP contribution in [0.2, 0.25) is 0 Å². The van der Waals surface area contributed by atoms with Gasteiger partial charge in [0.1, 0.15) is 11.3 Å². The third-order valence-corrected chi connectivity index (χ3v) is 6.06. The average Bonchev–Trinajstić information content (AvgIpc) is 2.82. The van der Waals surface area contributed by atoms with E-state index in [0.29, 0.717) is 49.7 Å². The van der Waals surface area contributed by atoms with E-state index in [0.717, 1.165) is 0 Å². The fraction of sp³-hybridized carbons (Fsp3) is 0.458. The lowest BCUT2D eigenvalue weighted by atomic mass is 9.88. The van der Waals surface area contributed by atoms with E-state index in [9.17, 15) is 31.1 Å². The third-order valence-electron chi connectivity index (χ3n) is 6.06. The van der Waals surface area contributed by atoms with Crippen LogP contribution >= 0.6 is 0 Å². The number of carbonyl (C=O) groups excluding carboxylic acids is 1. The van der Waals surface area contributed by atoms with Crippen LogP contribution < -0.4 is 10.1 Å². The van der Waals surface area contributed by atoms with Crippen molar-refractivity contribution in [2.24, 2.45) is 0 Å². The van der Waals surface area contributed by atoms with E-state index in [-0.39, 0.29) is 24.6 Å². The summed E-state index contributed by atoms with van der Waals surface area (Å²) in [4.78, 5) is 15.3. The van der Waals surface area contributed by atoms with Gasteiger partial charge in [-0.05, 0) is 54.8 Å². The molecular weight excluding hydrogens is 478 g/mol. The van der Waals surface area contributed by atoms with E-state index < -0.39 is 34.9 Å². The number of alkyl halides is 6. The van der Waals surface area contributed by atoms with Gasteiger partial charge in [-0.15, -0.1) is 0 Å². The highest BCUT2D eigenvalue weighted by Gasteiger charge is 2.42. The number of halogens is 6. The zero-order chi connectivity index (χ0) is 25.9. The summed E-state index contributed by atoms with van der Waals surface area (Å²) in [5, 5.41) is 2.70. The van der Waals surface area contributed by atoms with Gasteiger partial charge in [0.2, 0.25) is 5.91 Å². The van der Waals surface area contributed by atoms with Gasteiger partial charge in [-0.3, -0.25) is 9.69 Å². The molecule has 35 heavy (non-hydrogen) atoms. The van der Waals surface area contributed by atoms with Crippen LogP contribution in [0.4, 0.5) is 26.3 Å². The normalized spacial score (nSPS) is 17.0. The van der Waals surface area contributed by atoms with E-state index in [4.69, 9.17) is 9.47 Å². The third kappa shape index (κ3) is 6.26. The minimum absolute atomic E-state index is 0.0837. The second kappa shape index (κ2) is 10.4. The van der Waals surface area contributed by atoms with Crippen LogP contribution in [-0.2, 0) is 33.8 Å². The second-order valence-electron chi connectivity index (χ2n) is 8.32. The molecular formula is C24H26F6N2O3. The number of amides is 1. The first-order chi connectivity index (χ1) is 16.4. The van der Waals surface area contributed by atoms with Crippen LogP contribution in [0.15, 0.2) is 42.5 Å². The molecule has 1 heterocycles. The van der Waals surface area contributed by atoms with Crippen LogP contribution in [0.5, 0.6) is 5.75 Å². The smallest absolute Gasteiger partial charge is 0.416 e. The summed E-state index contributed by atoms with van der Waals surface area (Å²) < 4.78 is 89.5. The Morgan fingerprint density at radius 3 is 2.11 bits per heavy atom. The van der Waals surface area contributed by atoms with Gasteiger partial charge in [0.05, 0.1) is 31.5 Å². The van der Waals surface area contributed by atoms with E-state index >= 15 is 0 Å². The maximum atomic E-state index is 13.4. The summed E-state index contributed by atoms with van der Waals surface area (Å²) in [7, 11) is 1.50. The Kier molecular flexibility index (Phi) is 8.00. The molecule has 1 saturated heterocycles. The largest absolute Gasteiger partial charge is 0.497 e. The molecule has 2 aromatic carbocycles. The molecule has 1 aliphatic heterocycles. The lowest BCUT2D eigenvalue weighted by Gasteiger charge is -2.42. The molecule has 0 saturated carbocycles. The van der Waals surface area contributed by atoms with Gasteiger partial charge in [0.15, 0.2) is 0 Å². The number of benzene rings is 2. The Morgan fingerprint density at radius 2 is 1.57 bits per heavy atom. The lowest BCUT2D eigenvalue weighted by Crippen LogP contribution is -2.57. The first-order valence-corrected chi connectivity index (χ1v) is 10.9. The number of carbonyl (C=O) groups is 1. The number of hydrogen-bond donors (Lipinski definition) is 1. The number of nitrogens with zero attached hydrogens (tertiary/aromatic N) is 1. The maximum absolute atomic E-state index is 13.4. The number of morpholine rings is 1. The number of methoxy groups -OCH3 is 1. The molecule has 0 aromatic heterocycles. The predicted molar refractivity (Wildman–Crippen MR) is 116 cm³/mol. The molecule has 0 bridgehead atoms. The van der Waals surface area contributed by atoms with Crippen molar-refractivity contribution in [3.05, 3.63) is 64.7 Å². The number of rotatable bonds is 7. The Hall–Kier alpha value is -2.79. The van der Waals surface area contributed by atoms with Gasteiger partial charge < -0.3 is 14.8 Å². The van der Waals surface area contributed by atoms with Crippen LogP contribution in [0.3, 0.4) is 0 Å². The van der Waals surface area contributed by atoms with E-state index in [1.54, 1.807) is 31.2 Å². The molecule has 1 atom stereocenters. The molecule has 1 unspecified atom stereocenters. The molecule has 2 aromatic rings. The minimum atomic E-state index is -4.93. The molecule has 0 spiro atoms. The zero-order valence-corrected chi connectivity index (χ0v) is 19.2. The SMILES string of the molecule is COc1cccc(C(C)(C(=O)NCCc2cc(C(F)(F)F)cc(C(F)(F)F)c2)N2CCOCC2)c1. The van der Waals surface area contributed by atoms with Crippen molar-refractivity contribution in [2.75, 3.05) is 40.0 Å². The highest BCUT2D eigenvalue weighted by Crippen LogP contribution is 2.36. The summed E-state index contributed by atoms with van der Waals surface area (Å²) in [5.41, 5.74) is -3.48. The lowest BCUT2D eigenvalue weighted by molar-refractivity contribution is -0.143. The first kappa shape index (κ1) is 26.8. The molecule has 5 nitrogen and oxygen atoms in total. The van der Waals surface area contributed by atoms with Crippen molar-refractivity contribution in [3.63, 3.8) is 0 Å². The Bertz CT molecular complexity index is 1000. The molecule has 1 fully saturated rings. The molecule has 1 N–H and O–H groups in total. The van der Waals surface area contributed by atoms with Crippen LogP contribution in [0.1, 0.15) is 29.2 Å². The number of ether oxygens (including phenoxy) is 2. The van der Waals surface area contributed by atoms with Gasteiger partial charge >= 0.3 is 12.4 Å². The highest BCUT2D eigenvalue weighted by atomic mass is 19.4. The zero-order valence-electron chi connectivity index (χ0n) is 19.2. The summed E-state index contributed by atoms with van der Waals surface area (Å²) >= 11 is 0. The van der Waals surface area contributed by atoms with Crippen LogP contribution in [0.25, 0.3) is 0 Å². The fourth-order valence-electron chi connectivity index (χ4n) is 4.05. The number of nitrogens with one attached hydrogen (secondary N) is 1. The first-order valence-electron chi connectivity index (χ1n) is 10.9. The monoisotopic (exact) mass is 504 g/mol. The molecule has 192 valence electrons. The van der Waals surface area contributed by atoms with E-state index in [1.165, 1.54) is 7.11 Å². The van der Waals surface area contributed by atoms with E-state index in [2.05, 4.69) is 5.32 Å². The molecule has 1 amide bonds. The Labute approximate surface area is 199 Å². The van der Waals surface area contributed by atoms with Gasteiger partial charge in [0, 0.05) is 19.6 Å². The second-order valence-corrected chi connectivity index (χ2v) is 8.32. The van der Waals surface area contributed by atoms with Gasteiger partial charge in [-0.25, -0.2) is 0 Å². The van der Waals surface area contributed by atoms with Crippen molar-refractivity contribution < 1.29 is 40.6 Å². The van der Waals surface area contributed by atoms with Crippen molar-refractivity contribution >= 4 is 5.91 Å². The Balaban J connectivity index is 1.83. The van der Waals surface area contributed by atoms with Gasteiger partial charge in [-0.1, -0.05) is 12.1 Å². The predicted octanol–water partition coefficient (Wildman–Crippen LogP) is 4.64. The molecule has 0 aliphatic carbocycles. The summed E-state index contributed by atoms with van der Waals surface area (Å²) in [5.74, 6) is 0.106. The van der Waals surface area contributed by atoms with Crippen molar-refractivity contribution in [2.45, 2.75) is 31.2 Å². The van der Waals surface area contributed by atoms with Crippen molar-refractivity contribution in [3.8, 4) is 5.75 Å². The molecule has 11 heteroatoms. The molecule has 3 rings (SSSR count).